The van der Waals surface area contributed by atoms with E-state index in [0.29, 0.717) is 43.6 Å². The van der Waals surface area contributed by atoms with Gasteiger partial charge >= 0.3 is 0 Å². The van der Waals surface area contributed by atoms with E-state index in [2.05, 4.69) is 15.3 Å². The average Bonchev–Trinajstić information content (AvgIpc) is 3.41. The molecule has 9 nitrogen and oxygen atoms in total. The first kappa shape index (κ1) is 27.3. The fourth-order valence-corrected chi connectivity index (χ4v) is 5.17. The van der Waals surface area contributed by atoms with Gasteiger partial charge in [-0.2, -0.15) is 0 Å². The van der Waals surface area contributed by atoms with Crippen LogP contribution in [0.25, 0.3) is 32.3 Å². The molecule has 204 valence electrons. The molecule has 0 unspecified atom stereocenters. The Morgan fingerprint density at radius 1 is 0.925 bits per heavy atom. The summed E-state index contributed by atoms with van der Waals surface area (Å²) < 4.78 is 10.6. The normalized spacial score (nSPS) is 11.1. The predicted molar refractivity (Wildman–Crippen MR) is 159 cm³/mol. The molecule has 1 N–H and O–H groups in total. The molecule has 1 amide bonds. The van der Waals surface area contributed by atoms with Gasteiger partial charge in [0, 0.05) is 50.7 Å². The Morgan fingerprint density at radius 3 is 2.48 bits per heavy atom. The molecule has 0 spiro atoms. The molecule has 0 saturated carbocycles. The van der Waals surface area contributed by atoms with Crippen LogP contribution in [0.5, 0.6) is 0 Å². The van der Waals surface area contributed by atoms with Crippen LogP contribution in [0.2, 0.25) is 0 Å². The molecule has 5 rings (SSSR count). The number of nitrogens with one attached hydrogen (secondary N) is 1. The Kier molecular flexibility index (Phi) is 8.70. The van der Waals surface area contributed by atoms with Gasteiger partial charge in [-0.3, -0.25) is 4.79 Å². The van der Waals surface area contributed by atoms with Gasteiger partial charge in [0.2, 0.25) is 0 Å². The van der Waals surface area contributed by atoms with Crippen molar-refractivity contribution in [2.75, 3.05) is 50.7 Å². The third-order valence-electron chi connectivity index (χ3n) is 6.25. The summed E-state index contributed by atoms with van der Waals surface area (Å²) >= 11 is 1.48. The molecule has 0 radical (unpaired) electrons. The molecule has 3 aromatic heterocycles. The van der Waals surface area contributed by atoms with Crippen molar-refractivity contribution in [3.63, 3.8) is 0 Å². The van der Waals surface area contributed by atoms with Gasteiger partial charge in [-0.15, -0.1) is 0 Å². The number of fused-ring (bicyclic) bond motifs is 1. The van der Waals surface area contributed by atoms with Crippen molar-refractivity contribution in [2.24, 2.45) is 0 Å². The van der Waals surface area contributed by atoms with Gasteiger partial charge < -0.3 is 19.7 Å². The molecular formula is C30H30N6O3S. The summed E-state index contributed by atoms with van der Waals surface area (Å²) in [5.41, 5.74) is 4.43. The quantitative estimate of drug-likeness (QED) is 0.229. The maximum atomic E-state index is 13.7. The first-order valence-corrected chi connectivity index (χ1v) is 13.7. The Balaban J connectivity index is 1.52. The number of ether oxygens (including phenoxy) is 2. The van der Waals surface area contributed by atoms with Crippen LogP contribution >= 0.6 is 11.3 Å². The number of thiazole rings is 1. The number of benzene rings is 2. The Hall–Kier alpha value is -4.25. The van der Waals surface area contributed by atoms with Crippen LogP contribution in [0.3, 0.4) is 0 Å². The number of aryl methyl sites for hydroxylation is 1. The number of carbonyl (C=O) groups is 1. The van der Waals surface area contributed by atoms with Crippen molar-refractivity contribution in [1.82, 2.24) is 19.9 Å². The molecule has 5 aromatic rings. The number of anilines is 2. The fourth-order valence-electron chi connectivity index (χ4n) is 4.22. The molecule has 0 fully saturated rings. The number of hydrogen-bond acceptors (Lipinski definition) is 9. The van der Waals surface area contributed by atoms with Crippen molar-refractivity contribution in [1.29, 1.82) is 0 Å². The van der Waals surface area contributed by atoms with E-state index in [1.165, 1.54) is 11.3 Å². The average molecular weight is 555 g/mol. The number of hydrogen-bond donors (Lipinski definition) is 1. The highest BCUT2D eigenvalue weighted by molar-refractivity contribution is 7.21. The maximum absolute atomic E-state index is 13.7. The minimum Gasteiger partial charge on any atom is -0.383 e. The van der Waals surface area contributed by atoms with Crippen LogP contribution in [0, 0.1) is 6.92 Å². The van der Waals surface area contributed by atoms with Crippen LogP contribution < -0.4 is 10.2 Å². The molecule has 0 aliphatic heterocycles. The summed E-state index contributed by atoms with van der Waals surface area (Å²) in [6, 6.07) is 21.0. The van der Waals surface area contributed by atoms with E-state index >= 15 is 0 Å². The maximum Gasteiger partial charge on any atom is 0.274 e. The molecule has 0 saturated heterocycles. The minimum absolute atomic E-state index is 0.252. The zero-order valence-corrected chi connectivity index (χ0v) is 23.4. The van der Waals surface area contributed by atoms with Gasteiger partial charge in [0.15, 0.2) is 5.82 Å². The topological polar surface area (TPSA) is 102 Å². The second-order valence-corrected chi connectivity index (χ2v) is 10.1. The smallest absolute Gasteiger partial charge is 0.274 e. The molecule has 0 aliphatic carbocycles. The number of carbonyl (C=O) groups excluding carboxylic acids is 1. The summed E-state index contributed by atoms with van der Waals surface area (Å²) in [6.07, 6.45) is 1.75. The standard InChI is InChI=1S/C30H30N6O3S/c1-20-8-6-9-21(18-20)27-32-25(19-26(35-27)36(14-16-38-2)15-17-39-3)28(37)33-23-11-5-4-10-22(23)29-34-24-12-7-13-31-30(24)40-29/h4-13,18-19H,14-17H2,1-3H3,(H,33,37). The van der Waals surface area contributed by atoms with E-state index in [1.54, 1.807) is 26.5 Å². The fraction of sp³-hybridized carbons (Fsp3) is 0.233. The summed E-state index contributed by atoms with van der Waals surface area (Å²) in [7, 11) is 3.31. The largest absolute Gasteiger partial charge is 0.383 e. The molecule has 40 heavy (non-hydrogen) atoms. The summed E-state index contributed by atoms with van der Waals surface area (Å²) in [6.45, 7) is 4.18. The zero-order valence-electron chi connectivity index (χ0n) is 22.6. The van der Waals surface area contributed by atoms with Crippen molar-refractivity contribution in [3.8, 4) is 22.0 Å². The molecule has 0 aliphatic rings. The zero-order chi connectivity index (χ0) is 27.9. The number of rotatable bonds is 11. The highest BCUT2D eigenvalue weighted by Crippen LogP contribution is 2.34. The van der Waals surface area contributed by atoms with Crippen LogP contribution in [0.1, 0.15) is 16.1 Å². The molecule has 0 bridgehead atoms. The highest BCUT2D eigenvalue weighted by atomic mass is 32.1. The number of aromatic nitrogens is 4. The molecular weight excluding hydrogens is 524 g/mol. The predicted octanol–water partition coefficient (Wildman–Crippen LogP) is 5.48. The van der Waals surface area contributed by atoms with Gasteiger partial charge in [-0.25, -0.2) is 19.9 Å². The Labute approximate surface area is 236 Å². The van der Waals surface area contributed by atoms with Gasteiger partial charge in [0.05, 0.1) is 18.9 Å². The summed E-state index contributed by atoms with van der Waals surface area (Å²) in [4.78, 5) is 35.3. The van der Waals surface area contributed by atoms with E-state index in [-0.39, 0.29) is 11.6 Å². The van der Waals surface area contributed by atoms with Crippen molar-refractivity contribution in [3.05, 3.63) is 84.2 Å². The third-order valence-corrected chi connectivity index (χ3v) is 7.26. The van der Waals surface area contributed by atoms with E-state index in [0.717, 1.165) is 32.0 Å². The highest BCUT2D eigenvalue weighted by Gasteiger charge is 2.19. The number of amides is 1. The van der Waals surface area contributed by atoms with Gasteiger partial charge in [0.1, 0.15) is 26.9 Å². The van der Waals surface area contributed by atoms with E-state index in [4.69, 9.17) is 19.4 Å². The van der Waals surface area contributed by atoms with Gasteiger partial charge in [-0.1, -0.05) is 47.2 Å². The number of para-hydroxylation sites is 1. The second kappa shape index (κ2) is 12.7. The van der Waals surface area contributed by atoms with E-state index in [9.17, 15) is 4.79 Å². The molecule has 0 atom stereocenters. The molecule has 10 heteroatoms. The summed E-state index contributed by atoms with van der Waals surface area (Å²) in [5, 5.41) is 3.84. The molecule has 3 heterocycles. The number of nitrogens with zero attached hydrogens (tertiary/aromatic N) is 5. The lowest BCUT2D eigenvalue weighted by molar-refractivity contribution is 0.102. The number of methoxy groups -OCH3 is 2. The van der Waals surface area contributed by atoms with Crippen LogP contribution in [0.4, 0.5) is 11.5 Å². The lowest BCUT2D eigenvalue weighted by Gasteiger charge is -2.24. The summed E-state index contributed by atoms with van der Waals surface area (Å²) in [5.74, 6) is 0.746. The lowest BCUT2D eigenvalue weighted by atomic mass is 10.1. The Bertz CT molecular complexity index is 1580. The number of pyridine rings is 1. The van der Waals surface area contributed by atoms with Crippen molar-refractivity contribution >= 4 is 39.1 Å². The van der Waals surface area contributed by atoms with Gasteiger partial charge in [-0.05, 0) is 37.3 Å². The lowest BCUT2D eigenvalue weighted by Crippen LogP contribution is -2.32. The van der Waals surface area contributed by atoms with Gasteiger partial charge in [0.25, 0.3) is 5.91 Å². The third kappa shape index (κ3) is 6.31. The minimum atomic E-state index is -0.345. The van der Waals surface area contributed by atoms with E-state index in [1.807, 2.05) is 72.5 Å². The van der Waals surface area contributed by atoms with Crippen LogP contribution in [-0.4, -0.2) is 66.4 Å². The molecule has 2 aromatic carbocycles. The monoisotopic (exact) mass is 554 g/mol. The van der Waals surface area contributed by atoms with Crippen molar-refractivity contribution < 1.29 is 14.3 Å². The first-order chi connectivity index (χ1) is 19.6. The van der Waals surface area contributed by atoms with Crippen molar-refractivity contribution in [2.45, 2.75) is 6.92 Å². The van der Waals surface area contributed by atoms with E-state index < -0.39 is 0 Å². The van der Waals surface area contributed by atoms with Crippen LogP contribution in [-0.2, 0) is 9.47 Å². The first-order valence-electron chi connectivity index (χ1n) is 12.9. The SMILES string of the molecule is COCCN(CCOC)c1cc(C(=O)Nc2ccccc2-c2nc3cccnc3s2)nc(-c2cccc(C)c2)n1. The second-order valence-electron chi connectivity index (χ2n) is 9.12. The van der Waals surface area contributed by atoms with Crippen LogP contribution in [0.15, 0.2) is 72.9 Å². The Morgan fingerprint density at radius 2 is 1.73 bits per heavy atom.